The second kappa shape index (κ2) is 5.34. The van der Waals surface area contributed by atoms with Gasteiger partial charge in [0.2, 0.25) is 0 Å². The Morgan fingerprint density at radius 1 is 1.29 bits per heavy atom. The van der Waals surface area contributed by atoms with Crippen LogP contribution in [0.2, 0.25) is 0 Å². The minimum Gasteiger partial charge on any atom is -0.388 e. The zero-order valence-electron chi connectivity index (χ0n) is 9.99. The standard InChI is InChI=1S/C13H15N3O/c1-3-13(2,17)9-16-12-10(7-14)5-4-6-11(12)8-15/h4-6,16-17H,3,9H2,1-2H3/t13-/m0/s1. The molecular formula is C13H15N3O. The molecule has 0 fully saturated rings. The van der Waals surface area contributed by atoms with E-state index in [-0.39, 0.29) is 0 Å². The molecule has 0 aliphatic carbocycles. The average Bonchev–Trinajstić information content (AvgIpc) is 2.35. The fraction of sp³-hybridized carbons (Fsp3) is 0.385. The molecule has 0 aromatic heterocycles. The molecule has 0 aliphatic heterocycles. The van der Waals surface area contributed by atoms with E-state index in [9.17, 15) is 5.11 Å². The highest BCUT2D eigenvalue weighted by Crippen LogP contribution is 2.21. The monoisotopic (exact) mass is 229 g/mol. The fourth-order valence-corrected chi connectivity index (χ4v) is 1.33. The lowest BCUT2D eigenvalue weighted by Gasteiger charge is -2.23. The Labute approximate surface area is 101 Å². The summed E-state index contributed by atoms with van der Waals surface area (Å²) in [5.41, 5.74) is 0.466. The van der Waals surface area contributed by atoms with Gasteiger partial charge in [0.15, 0.2) is 0 Å². The van der Waals surface area contributed by atoms with Gasteiger partial charge in [-0.15, -0.1) is 0 Å². The van der Waals surface area contributed by atoms with E-state index in [0.717, 1.165) is 0 Å². The van der Waals surface area contributed by atoms with Crippen LogP contribution >= 0.6 is 0 Å². The summed E-state index contributed by atoms with van der Waals surface area (Å²) < 4.78 is 0. The van der Waals surface area contributed by atoms with Gasteiger partial charge in [0.05, 0.1) is 22.4 Å². The molecule has 0 unspecified atom stereocenters. The maximum atomic E-state index is 9.88. The number of para-hydroxylation sites is 1. The van der Waals surface area contributed by atoms with Crippen molar-refractivity contribution >= 4 is 5.69 Å². The summed E-state index contributed by atoms with van der Waals surface area (Å²) >= 11 is 0. The molecule has 0 saturated carbocycles. The van der Waals surface area contributed by atoms with Crippen LogP contribution in [0.3, 0.4) is 0 Å². The number of nitriles is 2. The van der Waals surface area contributed by atoms with Crippen LogP contribution in [0.25, 0.3) is 0 Å². The smallest absolute Gasteiger partial charge is 0.101 e. The molecule has 0 amide bonds. The number of hydrogen-bond acceptors (Lipinski definition) is 4. The molecule has 0 radical (unpaired) electrons. The predicted molar refractivity (Wildman–Crippen MR) is 65.3 cm³/mol. The van der Waals surface area contributed by atoms with Crippen LogP contribution < -0.4 is 5.32 Å². The van der Waals surface area contributed by atoms with Gasteiger partial charge in [0.1, 0.15) is 12.1 Å². The van der Waals surface area contributed by atoms with Gasteiger partial charge in [-0.1, -0.05) is 13.0 Å². The SMILES string of the molecule is CC[C@](C)(O)CNc1c(C#N)cccc1C#N. The van der Waals surface area contributed by atoms with Crippen molar-refractivity contribution in [1.29, 1.82) is 10.5 Å². The molecule has 0 bridgehead atoms. The van der Waals surface area contributed by atoms with Crippen molar-refractivity contribution in [3.05, 3.63) is 29.3 Å². The summed E-state index contributed by atoms with van der Waals surface area (Å²) in [5.74, 6) is 0. The molecule has 0 aliphatic rings. The van der Waals surface area contributed by atoms with Crippen molar-refractivity contribution < 1.29 is 5.11 Å². The molecule has 88 valence electrons. The molecule has 0 heterocycles. The number of anilines is 1. The predicted octanol–water partition coefficient (Wildman–Crippen LogP) is 2.00. The first kappa shape index (κ1) is 13.0. The van der Waals surface area contributed by atoms with Crippen molar-refractivity contribution in [3.8, 4) is 12.1 Å². The molecule has 0 spiro atoms. The lowest BCUT2D eigenvalue weighted by molar-refractivity contribution is 0.0697. The average molecular weight is 229 g/mol. The lowest BCUT2D eigenvalue weighted by Crippen LogP contribution is -2.32. The van der Waals surface area contributed by atoms with E-state index in [1.165, 1.54) is 0 Å². The Morgan fingerprint density at radius 2 is 1.82 bits per heavy atom. The normalized spacial score (nSPS) is 13.2. The summed E-state index contributed by atoms with van der Waals surface area (Å²) in [6.07, 6.45) is 0.594. The summed E-state index contributed by atoms with van der Waals surface area (Å²) in [6, 6.07) is 9.01. The summed E-state index contributed by atoms with van der Waals surface area (Å²) in [7, 11) is 0. The third-order valence-electron chi connectivity index (χ3n) is 2.71. The van der Waals surface area contributed by atoms with Crippen molar-refractivity contribution in [2.75, 3.05) is 11.9 Å². The van der Waals surface area contributed by atoms with E-state index < -0.39 is 5.60 Å². The number of nitrogens with zero attached hydrogens (tertiary/aromatic N) is 2. The molecule has 1 aromatic rings. The molecule has 17 heavy (non-hydrogen) atoms. The van der Waals surface area contributed by atoms with E-state index in [2.05, 4.69) is 5.32 Å². The molecule has 1 aromatic carbocycles. The number of benzene rings is 1. The first-order valence-corrected chi connectivity index (χ1v) is 5.43. The van der Waals surface area contributed by atoms with Crippen molar-refractivity contribution in [2.24, 2.45) is 0 Å². The highest BCUT2D eigenvalue weighted by molar-refractivity contribution is 5.66. The van der Waals surface area contributed by atoms with Crippen LogP contribution in [-0.2, 0) is 0 Å². The zero-order valence-corrected chi connectivity index (χ0v) is 9.99. The molecular weight excluding hydrogens is 214 g/mol. The highest BCUT2D eigenvalue weighted by Gasteiger charge is 2.18. The van der Waals surface area contributed by atoms with Gasteiger partial charge < -0.3 is 10.4 Å². The van der Waals surface area contributed by atoms with Crippen LogP contribution in [0.5, 0.6) is 0 Å². The molecule has 4 nitrogen and oxygen atoms in total. The van der Waals surface area contributed by atoms with E-state index in [1.807, 2.05) is 19.1 Å². The number of rotatable bonds is 4. The molecule has 1 rings (SSSR count). The number of aliphatic hydroxyl groups is 1. The number of hydrogen-bond donors (Lipinski definition) is 2. The Hall–Kier alpha value is -2.04. The highest BCUT2D eigenvalue weighted by atomic mass is 16.3. The van der Waals surface area contributed by atoms with Crippen molar-refractivity contribution in [3.63, 3.8) is 0 Å². The van der Waals surface area contributed by atoms with Crippen LogP contribution in [-0.4, -0.2) is 17.3 Å². The lowest BCUT2D eigenvalue weighted by atomic mass is 10.0. The Bertz CT molecular complexity index is 448. The minimum atomic E-state index is -0.852. The summed E-state index contributed by atoms with van der Waals surface area (Å²) in [4.78, 5) is 0. The Morgan fingerprint density at radius 3 is 2.24 bits per heavy atom. The van der Waals surface area contributed by atoms with Crippen LogP contribution in [0.4, 0.5) is 5.69 Å². The second-order valence-corrected chi connectivity index (χ2v) is 4.16. The van der Waals surface area contributed by atoms with Crippen LogP contribution in [0, 0.1) is 22.7 Å². The van der Waals surface area contributed by atoms with E-state index in [1.54, 1.807) is 25.1 Å². The van der Waals surface area contributed by atoms with E-state index in [0.29, 0.717) is 29.8 Å². The van der Waals surface area contributed by atoms with Gasteiger partial charge in [-0.25, -0.2) is 0 Å². The van der Waals surface area contributed by atoms with Gasteiger partial charge in [-0.3, -0.25) is 0 Å². The maximum Gasteiger partial charge on any atom is 0.101 e. The van der Waals surface area contributed by atoms with Gasteiger partial charge in [0, 0.05) is 6.54 Å². The first-order valence-electron chi connectivity index (χ1n) is 5.43. The quantitative estimate of drug-likeness (QED) is 0.827. The first-order chi connectivity index (χ1) is 8.04. The van der Waals surface area contributed by atoms with Gasteiger partial charge >= 0.3 is 0 Å². The molecule has 0 saturated heterocycles. The van der Waals surface area contributed by atoms with Gasteiger partial charge in [0.25, 0.3) is 0 Å². The van der Waals surface area contributed by atoms with Crippen LogP contribution in [0.1, 0.15) is 31.4 Å². The zero-order chi connectivity index (χ0) is 12.9. The minimum absolute atomic E-state index is 0.302. The maximum absolute atomic E-state index is 9.88. The van der Waals surface area contributed by atoms with Crippen molar-refractivity contribution in [1.82, 2.24) is 0 Å². The van der Waals surface area contributed by atoms with E-state index in [4.69, 9.17) is 10.5 Å². The van der Waals surface area contributed by atoms with E-state index >= 15 is 0 Å². The van der Waals surface area contributed by atoms with Crippen molar-refractivity contribution in [2.45, 2.75) is 25.9 Å². The topological polar surface area (TPSA) is 79.8 Å². The fourth-order valence-electron chi connectivity index (χ4n) is 1.33. The number of nitrogens with one attached hydrogen (secondary N) is 1. The Kier molecular flexibility index (Phi) is 4.09. The largest absolute Gasteiger partial charge is 0.388 e. The molecule has 1 atom stereocenters. The Balaban J connectivity index is 2.99. The third kappa shape index (κ3) is 3.21. The van der Waals surface area contributed by atoms with Gasteiger partial charge in [-0.2, -0.15) is 10.5 Å². The molecule has 4 heteroatoms. The summed E-state index contributed by atoms with van der Waals surface area (Å²) in [5, 5.41) is 30.8. The third-order valence-corrected chi connectivity index (χ3v) is 2.71. The second-order valence-electron chi connectivity index (χ2n) is 4.16. The van der Waals surface area contributed by atoms with Gasteiger partial charge in [-0.05, 0) is 25.5 Å². The van der Waals surface area contributed by atoms with Crippen LogP contribution in [0.15, 0.2) is 18.2 Å². The summed E-state index contributed by atoms with van der Waals surface area (Å²) in [6.45, 7) is 3.89. The molecule has 2 N–H and O–H groups in total.